The lowest BCUT2D eigenvalue weighted by Crippen LogP contribution is -2.30. The van der Waals surface area contributed by atoms with Gasteiger partial charge in [0, 0.05) is 18.2 Å². The molecule has 3 aromatic rings. The number of anilines is 1. The third kappa shape index (κ3) is 4.74. The first kappa shape index (κ1) is 20.2. The molecule has 30 heavy (non-hydrogen) atoms. The molecule has 0 radical (unpaired) electrons. The molecule has 1 N–H and O–H groups in total. The number of benzene rings is 1. The number of nitrogens with zero attached hydrogens (tertiary/aromatic N) is 3. The fourth-order valence-electron chi connectivity index (χ4n) is 3.53. The minimum atomic E-state index is -0.296. The highest BCUT2D eigenvalue weighted by Crippen LogP contribution is 2.25. The van der Waals surface area contributed by atoms with Crippen LogP contribution < -0.4 is 10.1 Å². The predicted molar refractivity (Wildman–Crippen MR) is 112 cm³/mol. The van der Waals surface area contributed by atoms with Gasteiger partial charge in [-0.05, 0) is 55.8 Å². The summed E-state index contributed by atoms with van der Waals surface area (Å²) < 4.78 is 10.3. The molecule has 3 heterocycles. The van der Waals surface area contributed by atoms with Crippen molar-refractivity contribution in [1.29, 1.82) is 0 Å². The molecule has 0 saturated carbocycles. The van der Waals surface area contributed by atoms with Gasteiger partial charge in [0.05, 0.1) is 19.9 Å². The summed E-state index contributed by atoms with van der Waals surface area (Å²) in [5.41, 5.74) is 0.661. The molecule has 1 saturated heterocycles. The largest absolute Gasteiger partial charge is 0.497 e. The van der Waals surface area contributed by atoms with Gasteiger partial charge in [-0.1, -0.05) is 11.3 Å². The molecular formula is C21H22N4O4S. The summed E-state index contributed by atoms with van der Waals surface area (Å²) in [7, 11) is 1.59. The number of ether oxygens (including phenoxy) is 1. The van der Waals surface area contributed by atoms with Gasteiger partial charge in [0.2, 0.25) is 5.01 Å². The maximum absolute atomic E-state index is 12.5. The molecule has 4 rings (SSSR count). The Hall–Kier alpha value is -3.04. The summed E-state index contributed by atoms with van der Waals surface area (Å²) in [5.74, 6) is 0.829. The van der Waals surface area contributed by atoms with E-state index < -0.39 is 0 Å². The molecule has 2 aromatic heterocycles. The zero-order valence-electron chi connectivity index (χ0n) is 16.5. The normalized spacial score (nSPS) is 16.5. The number of rotatable bonds is 8. The summed E-state index contributed by atoms with van der Waals surface area (Å²) in [6.45, 7) is 1.46. The summed E-state index contributed by atoms with van der Waals surface area (Å²) >= 11 is 1.27. The molecule has 0 bridgehead atoms. The lowest BCUT2D eigenvalue weighted by Gasteiger charge is -2.22. The number of ketones is 1. The first-order valence-electron chi connectivity index (χ1n) is 9.71. The SMILES string of the molecule is COc1ccc(NC(=O)c2nnc(CN3CCCC3CC(=O)c3ccco3)s2)cc1. The van der Waals surface area contributed by atoms with Crippen LogP contribution in [0.15, 0.2) is 47.1 Å². The molecule has 1 aromatic carbocycles. The van der Waals surface area contributed by atoms with E-state index in [1.165, 1.54) is 17.6 Å². The van der Waals surface area contributed by atoms with Crippen molar-refractivity contribution in [1.82, 2.24) is 15.1 Å². The molecule has 1 fully saturated rings. The van der Waals surface area contributed by atoms with Gasteiger partial charge in [-0.25, -0.2) is 0 Å². The summed E-state index contributed by atoms with van der Waals surface area (Å²) in [4.78, 5) is 27.0. The van der Waals surface area contributed by atoms with Gasteiger partial charge in [0.1, 0.15) is 10.8 Å². The van der Waals surface area contributed by atoms with Crippen molar-refractivity contribution in [2.45, 2.75) is 31.8 Å². The smallest absolute Gasteiger partial charge is 0.286 e. The first-order chi connectivity index (χ1) is 14.6. The number of hydrogen-bond donors (Lipinski definition) is 1. The topological polar surface area (TPSA) is 97.6 Å². The van der Waals surface area contributed by atoms with E-state index in [-0.39, 0.29) is 17.7 Å². The molecule has 1 atom stereocenters. The van der Waals surface area contributed by atoms with E-state index in [1.54, 1.807) is 43.5 Å². The second-order valence-corrected chi connectivity index (χ2v) is 8.12. The van der Waals surface area contributed by atoms with Crippen LogP contribution in [-0.4, -0.2) is 46.5 Å². The minimum Gasteiger partial charge on any atom is -0.497 e. The highest BCUT2D eigenvalue weighted by Gasteiger charge is 2.29. The first-order valence-corrected chi connectivity index (χ1v) is 10.5. The van der Waals surface area contributed by atoms with E-state index in [9.17, 15) is 9.59 Å². The molecule has 1 amide bonds. The van der Waals surface area contributed by atoms with Gasteiger partial charge in [-0.3, -0.25) is 14.5 Å². The Labute approximate surface area is 177 Å². The Balaban J connectivity index is 1.35. The fourth-order valence-corrected chi connectivity index (χ4v) is 4.29. The molecule has 9 heteroatoms. The number of amides is 1. The summed E-state index contributed by atoms with van der Waals surface area (Å²) in [6, 6.07) is 10.6. The standard InChI is InChI=1S/C21H22N4O4S/c1-28-16-8-6-14(7-9-16)22-20(27)21-24-23-19(30-21)13-25-10-2-4-15(25)12-17(26)18-5-3-11-29-18/h3,5-9,11,15H,2,4,10,12-13H2,1H3,(H,22,27). The van der Waals surface area contributed by atoms with Crippen molar-refractivity contribution in [3.05, 3.63) is 58.4 Å². The van der Waals surface area contributed by atoms with Gasteiger partial charge in [0.15, 0.2) is 11.5 Å². The molecular weight excluding hydrogens is 404 g/mol. The van der Waals surface area contributed by atoms with Gasteiger partial charge >= 0.3 is 0 Å². The van der Waals surface area contributed by atoms with Crippen LogP contribution in [0.25, 0.3) is 0 Å². The lowest BCUT2D eigenvalue weighted by atomic mass is 10.1. The van der Waals surface area contributed by atoms with Gasteiger partial charge in [-0.2, -0.15) is 0 Å². The van der Waals surface area contributed by atoms with Crippen molar-refractivity contribution in [3.63, 3.8) is 0 Å². The van der Waals surface area contributed by atoms with Crippen LogP contribution in [0, 0.1) is 0 Å². The van der Waals surface area contributed by atoms with Crippen LogP contribution in [0.5, 0.6) is 5.75 Å². The number of nitrogens with one attached hydrogen (secondary N) is 1. The Bertz CT molecular complexity index is 1000. The lowest BCUT2D eigenvalue weighted by molar-refractivity contribution is 0.0910. The van der Waals surface area contributed by atoms with E-state index in [2.05, 4.69) is 20.4 Å². The number of furan rings is 1. The molecule has 8 nitrogen and oxygen atoms in total. The number of likely N-dealkylation sites (tertiary alicyclic amines) is 1. The maximum Gasteiger partial charge on any atom is 0.286 e. The molecule has 0 spiro atoms. The zero-order valence-corrected chi connectivity index (χ0v) is 17.4. The predicted octanol–water partition coefficient (Wildman–Crippen LogP) is 3.63. The summed E-state index contributed by atoms with van der Waals surface area (Å²) in [6.07, 6.45) is 3.91. The number of Topliss-reactive ketones (excluding diaryl/α,β-unsaturated/α-hetero) is 1. The van der Waals surface area contributed by atoms with E-state index in [1.807, 2.05) is 0 Å². The Morgan fingerprint density at radius 2 is 2.10 bits per heavy atom. The molecule has 156 valence electrons. The monoisotopic (exact) mass is 426 g/mol. The van der Waals surface area contributed by atoms with Crippen molar-refractivity contribution >= 4 is 28.7 Å². The van der Waals surface area contributed by atoms with Crippen molar-refractivity contribution in [2.24, 2.45) is 0 Å². The van der Waals surface area contributed by atoms with Gasteiger partial charge in [0.25, 0.3) is 5.91 Å². The van der Waals surface area contributed by atoms with E-state index in [0.717, 1.165) is 30.1 Å². The number of aromatic nitrogens is 2. The zero-order chi connectivity index (χ0) is 20.9. The summed E-state index contributed by atoms with van der Waals surface area (Å²) in [5, 5.41) is 12.1. The molecule has 1 unspecified atom stereocenters. The van der Waals surface area contributed by atoms with Crippen LogP contribution in [0.2, 0.25) is 0 Å². The van der Waals surface area contributed by atoms with E-state index in [4.69, 9.17) is 9.15 Å². The third-order valence-electron chi connectivity index (χ3n) is 5.06. The second kappa shape index (κ2) is 9.19. The molecule has 0 aliphatic carbocycles. The van der Waals surface area contributed by atoms with E-state index >= 15 is 0 Å². The fraction of sp³-hybridized carbons (Fsp3) is 0.333. The Morgan fingerprint density at radius 3 is 2.83 bits per heavy atom. The average Bonchev–Trinajstić information content (AvgIpc) is 3.52. The molecule has 1 aliphatic heterocycles. The highest BCUT2D eigenvalue weighted by atomic mass is 32.1. The number of methoxy groups -OCH3 is 1. The second-order valence-electron chi connectivity index (χ2n) is 7.05. The van der Waals surface area contributed by atoms with Crippen LogP contribution in [0.3, 0.4) is 0 Å². The number of hydrogen-bond acceptors (Lipinski definition) is 8. The Morgan fingerprint density at radius 1 is 1.27 bits per heavy atom. The maximum atomic E-state index is 12.5. The van der Waals surface area contributed by atoms with Gasteiger partial charge < -0.3 is 14.5 Å². The average molecular weight is 426 g/mol. The molecule has 1 aliphatic rings. The Kier molecular flexibility index (Phi) is 6.20. The van der Waals surface area contributed by atoms with Crippen LogP contribution in [0.4, 0.5) is 5.69 Å². The van der Waals surface area contributed by atoms with Crippen molar-refractivity contribution in [2.75, 3.05) is 19.0 Å². The number of carbonyl (C=O) groups excluding carboxylic acids is 2. The van der Waals surface area contributed by atoms with Crippen molar-refractivity contribution < 1.29 is 18.7 Å². The third-order valence-corrected chi connectivity index (χ3v) is 5.97. The van der Waals surface area contributed by atoms with Crippen molar-refractivity contribution in [3.8, 4) is 5.75 Å². The number of carbonyl (C=O) groups is 2. The van der Waals surface area contributed by atoms with Crippen LogP contribution >= 0.6 is 11.3 Å². The van der Waals surface area contributed by atoms with Gasteiger partial charge in [-0.15, -0.1) is 10.2 Å². The van der Waals surface area contributed by atoms with E-state index in [0.29, 0.717) is 29.4 Å². The van der Waals surface area contributed by atoms with Crippen LogP contribution in [-0.2, 0) is 6.54 Å². The van der Waals surface area contributed by atoms with Crippen LogP contribution in [0.1, 0.15) is 44.6 Å². The minimum absolute atomic E-state index is 0.00808. The quantitative estimate of drug-likeness (QED) is 0.549. The highest BCUT2D eigenvalue weighted by molar-refractivity contribution is 7.13.